The first-order valence-corrected chi connectivity index (χ1v) is 42.2. The molecule has 0 aromatic carbocycles. The van der Waals surface area contributed by atoms with Crippen LogP contribution in [0.15, 0.2) is 0 Å². The van der Waals surface area contributed by atoms with Gasteiger partial charge in [-0.3, -0.25) is 37.3 Å². The largest absolute Gasteiger partial charge is 0.472 e. The lowest BCUT2D eigenvalue weighted by Crippen LogP contribution is -2.30. The summed E-state index contributed by atoms with van der Waals surface area (Å²) in [6.45, 7) is 14.1. The smallest absolute Gasteiger partial charge is 0.462 e. The second-order valence-corrected chi connectivity index (χ2v) is 32.2. The normalized spacial score (nSPS) is 14.1. The zero-order valence-electron chi connectivity index (χ0n) is 62.3. The first-order chi connectivity index (χ1) is 45.6. The van der Waals surface area contributed by atoms with Crippen molar-refractivity contribution in [3.8, 4) is 0 Å². The number of aliphatic hydroxyl groups excluding tert-OH is 1. The summed E-state index contributed by atoms with van der Waals surface area (Å²) in [5, 5.41) is 10.6. The highest BCUT2D eigenvalue weighted by atomic mass is 31.2. The van der Waals surface area contributed by atoms with Gasteiger partial charge in [-0.05, 0) is 49.4 Å². The van der Waals surface area contributed by atoms with Crippen LogP contribution in [-0.4, -0.2) is 96.7 Å². The number of carbonyl (C=O) groups is 4. The Morgan fingerprint density at radius 2 is 0.442 bits per heavy atom. The van der Waals surface area contributed by atoms with Crippen LogP contribution < -0.4 is 0 Å². The lowest BCUT2D eigenvalue weighted by Gasteiger charge is -2.21. The number of phosphoric ester groups is 2. The molecule has 3 N–H and O–H groups in total. The number of esters is 4. The molecule has 19 heteroatoms. The zero-order chi connectivity index (χ0) is 70.3. The maximum Gasteiger partial charge on any atom is 0.472 e. The summed E-state index contributed by atoms with van der Waals surface area (Å²) in [5.41, 5.74) is 0. The van der Waals surface area contributed by atoms with Crippen molar-refractivity contribution < 1.29 is 80.2 Å². The standard InChI is InChI=1S/C76H148O17P2/c1-66(2)52-44-36-28-23-19-15-13-11-9-10-12-14-16-22-26-32-42-50-58-75(80)92-72(63-87-74(79)57-49-41-35-34-39-47-55-69(7)8)65-91-95(84,85)89-61-70(77)60-88-94(82,83)90-64-71(93-76(81)59-51-43-33-27-30-38-46-54-68(5)6)62-86-73(78)56-48-40-31-25-21-18-17-20-24-29-37-45-53-67(3)4/h66-72,77H,9-65H2,1-8H3,(H,82,83)(H,84,85)/t70?,71-,72-/m1/s1. The van der Waals surface area contributed by atoms with E-state index in [2.05, 4.69) is 55.4 Å². The molecule has 0 radical (unpaired) electrons. The SMILES string of the molecule is CC(C)CCCCCCCCCCCCCCCCCCCCC(=O)O[C@H](COC(=O)CCCCCCCCC(C)C)COP(=O)(O)OCC(O)COP(=O)(O)OC[C@@H](COC(=O)CCCCCCCCCCCCCCC(C)C)OC(=O)CCCCCCCCCC(C)C. The van der Waals surface area contributed by atoms with Crippen LogP contribution in [0.3, 0.4) is 0 Å². The molecule has 0 amide bonds. The number of hydrogen-bond acceptors (Lipinski definition) is 15. The van der Waals surface area contributed by atoms with Crippen molar-refractivity contribution in [1.29, 1.82) is 0 Å². The van der Waals surface area contributed by atoms with E-state index in [1.807, 2.05) is 0 Å². The van der Waals surface area contributed by atoms with Gasteiger partial charge in [0.05, 0.1) is 26.4 Å². The molecule has 0 aromatic rings. The Morgan fingerprint density at radius 3 is 0.653 bits per heavy atom. The predicted molar refractivity (Wildman–Crippen MR) is 386 cm³/mol. The lowest BCUT2D eigenvalue weighted by molar-refractivity contribution is -0.161. The molecular weight excluding hydrogens is 1250 g/mol. The molecule has 0 bridgehead atoms. The minimum Gasteiger partial charge on any atom is -0.462 e. The van der Waals surface area contributed by atoms with E-state index < -0.39 is 97.5 Å². The molecule has 0 saturated carbocycles. The molecule has 5 atom stereocenters. The fourth-order valence-electron chi connectivity index (χ4n) is 11.6. The summed E-state index contributed by atoms with van der Waals surface area (Å²) < 4.78 is 68.4. The van der Waals surface area contributed by atoms with Crippen LogP contribution in [0.25, 0.3) is 0 Å². The summed E-state index contributed by atoms with van der Waals surface area (Å²) in [6.07, 6.45) is 50.4. The molecule has 3 unspecified atom stereocenters. The Bertz CT molecular complexity index is 1870. The van der Waals surface area contributed by atoms with Crippen molar-refractivity contribution in [2.45, 2.75) is 401 Å². The molecular formula is C76H148O17P2. The van der Waals surface area contributed by atoms with Crippen LogP contribution in [0, 0.1) is 23.7 Å². The summed E-state index contributed by atoms with van der Waals surface area (Å²) in [4.78, 5) is 72.7. The van der Waals surface area contributed by atoms with E-state index in [-0.39, 0.29) is 25.7 Å². The van der Waals surface area contributed by atoms with Crippen LogP contribution in [-0.2, 0) is 65.4 Å². The molecule has 0 aliphatic heterocycles. The minimum atomic E-state index is -4.96. The number of hydrogen-bond donors (Lipinski definition) is 3. The Hall–Kier alpha value is -1.94. The van der Waals surface area contributed by atoms with Gasteiger partial charge in [-0.2, -0.15) is 0 Å². The van der Waals surface area contributed by atoms with Crippen molar-refractivity contribution in [1.82, 2.24) is 0 Å². The van der Waals surface area contributed by atoms with E-state index in [9.17, 15) is 43.2 Å². The third-order valence-corrected chi connectivity index (χ3v) is 19.5. The predicted octanol–water partition coefficient (Wildman–Crippen LogP) is 22.0. The third kappa shape index (κ3) is 70.3. The van der Waals surface area contributed by atoms with Gasteiger partial charge in [-0.15, -0.1) is 0 Å². The minimum absolute atomic E-state index is 0.103. The maximum absolute atomic E-state index is 13.0. The van der Waals surface area contributed by atoms with Gasteiger partial charge in [0.15, 0.2) is 12.2 Å². The van der Waals surface area contributed by atoms with Crippen molar-refractivity contribution in [3.05, 3.63) is 0 Å². The van der Waals surface area contributed by atoms with Crippen LogP contribution in [0.1, 0.15) is 383 Å². The van der Waals surface area contributed by atoms with Crippen LogP contribution >= 0.6 is 15.6 Å². The second kappa shape index (κ2) is 65.4. The van der Waals surface area contributed by atoms with E-state index in [4.69, 9.17) is 37.0 Å². The van der Waals surface area contributed by atoms with E-state index in [0.29, 0.717) is 37.5 Å². The molecule has 0 heterocycles. The van der Waals surface area contributed by atoms with Gasteiger partial charge >= 0.3 is 39.5 Å². The quantitative estimate of drug-likeness (QED) is 0.0222. The first-order valence-electron chi connectivity index (χ1n) is 39.2. The molecule has 0 rings (SSSR count). The Balaban J connectivity index is 5.14. The number of ether oxygens (including phenoxy) is 4. The summed E-state index contributed by atoms with van der Waals surface area (Å²) in [6, 6.07) is 0. The van der Waals surface area contributed by atoms with E-state index in [1.165, 1.54) is 180 Å². The summed E-state index contributed by atoms with van der Waals surface area (Å²) >= 11 is 0. The molecule has 0 fully saturated rings. The molecule has 0 aromatic heterocycles. The second-order valence-electron chi connectivity index (χ2n) is 29.3. The average molecular weight is 1400 g/mol. The van der Waals surface area contributed by atoms with Gasteiger partial charge in [-0.25, -0.2) is 9.13 Å². The van der Waals surface area contributed by atoms with Crippen molar-refractivity contribution >= 4 is 39.5 Å². The Labute approximate surface area is 581 Å². The lowest BCUT2D eigenvalue weighted by atomic mass is 10.0. The van der Waals surface area contributed by atoms with E-state index in [1.54, 1.807) is 0 Å². The van der Waals surface area contributed by atoms with Crippen LogP contribution in [0.5, 0.6) is 0 Å². The van der Waals surface area contributed by atoms with Crippen LogP contribution in [0.4, 0.5) is 0 Å². The van der Waals surface area contributed by atoms with Crippen molar-refractivity contribution in [2.24, 2.45) is 23.7 Å². The molecule has 0 saturated heterocycles. The van der Waals surface area contributed by atoms with Crippen molar-refractivity contribution in [3.63, 3.8) is 0 Å². The topological polar surface area (TPSA) is 237 Å². The first kappa shape index (κ1) is 93.1. The number of unbranched alkanes of at least 4 members (excludes halogenated alkanes) is 39. The molecule has 0 aliphatic carbocycles. The van der Waals surface area contributed by atoms with Gasteiger partial charge in [0.25, 0.3) is 0 Å². The van der Waals surface area contributed by atoms with Gasteiger partial charge in [-0.1, -0.05) is 331 Å². The number of carbonyl (C=O) groups excluding carboxylic acids is 4. The number of phosphoric acid groups is 2. The van der Waals surface area contributed by atoms with Crippen molar-refractivity contribution in [2.75, 3.05) is 39.6 Å². The Morgan fingerprint density at radius 1 is 0.263 bits per heavy atom. The molecule has 564 valence electrons. The highest BCUT2D eigenvalue weighted by molar-refractivity contribution is 7.47. The molecule has 95 heavy (non-hydrogen) atoms. The number of rotatable bonds is 73. The van der Waals surface area contributed by atoms with E-state index >= 15 is 0 Å². The van der Waals surface area contributed by atoms with Gasteiger partial charge < -0.3 is 33.8 Å². The number of aliphatic hydroxyl groups is 1. The molecule has 0 spiro atoms. The van der Waals surface area contributed by atoms with Gasteiger partial charge in [0.1, 0.15) is 19.3 Å². The summed E-state index contributed by atoms with van der Waals surface area (Å²) in [7, 11) is -9.91. The highest BCUT2D eigenvalue weighted by Crippen LogP contribution is 2.45. The van der Waals surface area contributed by atoms with Gasteiger partial charge in [0.2, 0.25) is 0 Å². The molecule has 0 aliphatic rings. The Kier molecular flexibility index (Phi) is 64.0. The monoisotopic (exact) mass is 1400 g/mol. The average Bonchev–Trinajstić information content (AvgIpc) is 1.57. The molecule has 17 nitrogen and oxygen atoms in total. The fourth-order valence-corrected chi connectivity index (χ4v) is 13.1. The summed E-state index contributed by atoms with van der Waals surface area (Å²) in [5.74, 6) is 0.851. The van der Waals surface area contributed by atoms with Crippen LogP contribution in [0.2, 0.25) is 0 Å². The van der Waals surface area contributed by atoms with Gasteiger partial charge in [0, 0.05) is 25.7 Å². The zero-order valence-corrected chi connectivity index (χ0v) is 64.1. The fraction of sp³-hybridized carbons (Fsp3) is 0.947. The van der Waals surface area contributed by atoms with E-state index in [0.717, 1.165) is 108 Å². The maximum atomic E-state index is 13.0. The highest BCUT2D eigenvalue weighted by Gasteiger charge is 2.30. The third-order valence-electron chi connectivity index (χ3n) is 17.6.